The van der Waals surface area contributed by atoms with Gasteiger partial charge in [-0.1, -0.05) is 0 Å². The number of hydrogen-bond donors (Lipinski definition) is 0. The van der Waals surface area contributed by atoms with Crippen molar-refractivity contribution in [1.29, 1.82) is 0 Å². The Balaban J connectivity index is 2.35. The third kappa shape index (κ3) is 1.59. The van der Waals surface area contributed by atoms with Crippen molar-refractivity contribution >= 4 is 11.6 Å². The van der Waals surface area contributed by atoms with Gasteiger partial charge in [0.25, 0.3) is 5.70 Å². The Morgan fingerprint density at radius 3 is 2.87 bits per heavy atom. The van der Waals surface area contributed by atoms with E-state index in [1.54, 1.807) is 0 Å². The molecule has 15 heavy (non-hydrogen) atoms. The Morgan fingerprint density at radius 2 is 2.20 bits per heavy atom. The molecule has 0 bridgehead atoms. The van der Waals surface area contributed by atoms with Gasteiger partial charge < -0.3 is 4.74 Å². The molecule has 1 aliphatic heterocycles. The number of ether oxygens (including phenoxy) is 1. The molecule has 6 heteroatoms. The zero-order chi connectivity index (χ0) is 11.0. The maximum atomic E-state index is 11.4. The minimum Gasteiger partial charge on any atom is -0.365 e. The lowest BCUT2D eigenvalue weighted by Crippen LogP contribution is -2.38. The van der Waals surface area contributed by atoms with Gasteiger partial charge in [-0.3, -0.25) is 19.7 Å². The lowest BCUT2D eigenvalue weighted by molar-refractivity contribution is -0.419. The van der Waals surface area contributed by atoms with Crippen LogP contribution in [0.1, 0.15) is 6.42 Å². The first-order valence-corrected chi connectivity index (χ1v) is 4.35. The van der Waals surface area contributed by atoms with Crippen LogP contribution in [-0.2, 0) is 14.3 Å². The third-order valence-electron chi connectivity index (χ3n) is 2.33. The average Bonchev–Trinajstić information content (AvgIpc) is 2.23. The molecular formula is C9H7NO5. The summed E-state index contributed by atoms with van der Waals surface area (Å²) in [5, 5.41) is 10.5. The fourth-order valence-corrected chi connectivity index (χ4v) is 1.57. The van der Waals surface area contributed by atoms with E-state index in [1.165, 1.54) is 6.08 Å². The zero-order valence-electron chi connectivity index (χ0n) is 7.63. The number of ketones is 2. The van der Waals surface area contributed by atoms with Crippen LogP contribution in [0.2, 0.25) is 0 Å². The van der Waals surface area contributed by atoms with Crippen LogP contribution in [0.25, 0.3) is 0 Å². The molecule has 0 amide bonds. The fourth-order valence-electron chi connectivity index (χ4n) is 1.57. The lowest BCUT2D eigenvalue weighted by atomic mass is 9.92. The van der Waals surface area contributed by atoms with Gasteiger partial charge in [-0.25, -0.2) is 0 Å². The summed E-state index contributed by atoms with van der Waals surface area (Å²) in [5.41, 5.74) is -0.0617. The van der Waals surface area contributed by atoms with Crippen molar-refractivity contribution < 1.29 is 19.2 Å². The second kappa shape index (κ2) is 3.39. The Morgan fingerprint density at radius 1 is 1.47 bits per heavy atom. The van der Waals surface area contributed by atoms with E-state index in [4.69, 9.17) is 4.74 Å². The zero-order valence-corrected chi connectivity index (χ0v) is 7.63. The van der Waals surface area contributed by atoms with E-state index in [1.807, 2.05) is 0 Å². The highest BCUT2D eigenvalue weighted by atomic mass is 16.6. The molecule has 0 aromatic rings. The van der Waals surface area contributed by atoms with E-state index < -0.39 is 22.6 Å². The first kappa shape index (κ1) is 9.72. The van der Waals surface area contributed by atoms with Crippen LogP contribution in [0.15, 0.2) is 23.4 Å². The summed E-state index contributed by atoms with van der Waals surface area (Å²) in [6.45, 7) is -0.234. The van der Waals surface area contributed by atoms with Crippen molar-refractivity contribution in [3.05, 3.63) is 33.5 Å². The average molecular weight is 209 g/mol. The SMILES string of the molecule is O=C1COC2CC=C([N+](=O)[O-])C=C2C1=O. The summed E-state index contributed by atoms with van der Waals surface area (Å²) in [5.74, 6) is -1.32. The van der Waals surface area contributed by atoms with Crippen molar-refractivity contribution in [2.45, 2.75) is 12.5 Å². The highest BCUT2D eigenvalue weighted by Gasteiger charge is 2.35. The van der Waals surface area contributed by atoms with Crippen molar-refractivity contribution in [1.82, 2.24) is 0 Å². The number of carbonyl (C=O) groups excluding carboxylic acids is 2. The first-order valence-electron chi connectivity index (χ1n) is 4.35. The summed E-state index contributed by atoms with van der Waals surface area (Å²) in [6.07, 6.45) is 2.27. The van der Waals surface area contributed by atoms with Gasteiger partial charge in [-0.15, -0.1) is 0 Å². The topological polar surface area (TPSA) is 86.5 Å². The summed E-state index contributed by atoms with van der Waals surface area (Å²) < 4.78 is 5.09. The molecule has 1 heterocycles. The quantitative estimate of drug-likeness (QED) is 0.345. The van der Waals surface area contributed by atoms with E-state index in [0.717, 1.165) is 6.08 Å². The molecule has 1 saturated heterocycles. The predicted molar refractivity (Wildman–Crippen MR) is 47.5 cm³/mol. The van der Waals surface area contributed by atoms with Crippen LogP contribution in [0.5, 0.6) is 0 Å². The molecule has 1 fully saturated rings. The molecular weight excluding hydrogens is 202 g/mol. The highest BCUT2D eigenvalue weighted by Crippen LogP contribution is 2.25. The van der Waals surface area contributed by atoms with Crippen LogP contribution in [0, 0.1) is 10.1 Å². The number of nitro groups is 1. The van der Waals surface area contributed by atoms with E-state index >= 15 is 0 Å². The molecule has 0 aromatic carbocycles. The Labute approximate surface area is 84.4 Å². The Kier molecular flexibility index (Phi) is 2.20. The van der Waals surface area contributed by atoms with Crippen LogP contribution in [-0.4, -0.2) is 29.2 Å². The number of hydrogen-bond acceptors (Lipinski definition) is 5. The maximum Gasteiger partial charge on any atom is 0.266 e. The monoisotopic (exact) mass is 209 g/mol. The molecule has 78 valence electrons. The molecule has 1 atom stereocenters. The van der Waals surface area contributed by atoms with Gasteiger partial charge >= 0.3 is 0 Å². The van der Waals surface area contributed by atoms with Crippen molar-refractivity contribution in [2.24, 2.45) is 0 Å². The normalized spacial score (nSPS) is 25.5. The van der Waals surface area contributed by atoms with Gasteiger partial charge in [-0.2, -0.15) is 0 Å². The van der Waals surface area contributed by atoms with Gasteiger partial charge in [-0.05, 0) is 6.08 Å². The number of allylic oxidation sites excluding steroid dienone is 1. The van der Waals surface area contributed by atoms with E-state index in [-0.39, 0.29) is 24.3 Å². The van der Waals surface area contributed by atoms with Crippen LogP contribution < -0.4 is 0 Å². The minimum atomic E-state index is -0.668. The number of carbonyl (C=O) groups is 2. The molecule has 6 nitrogen and oxygen atoms in total. The summed E-state index contributed by atoms with van der Waals surface area (Å²) in [4.78, 5) is 32.3. The Hall–Kier alpha value is -1.82. The molecule has 0 spiro atoms. The number of Topliss-reactive ketones (excluding diaryl/α,β-unsaturated/α-hetero) is 2. The number of fused-ring (bicyclic) bond motifs is 1. The van der Waals surface area contributed by atoms with Crippen LogP contribution in [0.3, 0.4) is 0 Å². The molecule has 0 aromatic heterocycles. The highest BCUT2D eigenvalue weighted by molar-refractivity contribution is 6.45. The summed E-state index contributed by atoms with van der Waals surface area (Å²) in [6, 6.07) is 0. The lowest BCUT2D eigenvalue weighted by Gasteiger charge is -2.24. The van der Waals surface area contributed by atoms with E-state index in [2.05, 4.69) is 0 Å². The van der Waals surface area contributed by atoms with Gasteiger partial charge in [0.1, 0.15) is 6.61 Å². The molecule has 2 aliphatic rings. The van der Waals surface area contributed by atoms with Crippen molar-refractivity contribution in [2.75, 3.05) is 6.61 Å². The fraction of sp³-hybridized carbons (Fsp3) is 0.333. The predicted octanol–water partition coefficient (Wildman–Crippen LogP) is 0.0141. The number of rotatable bonds is 1. The molecule has 1 aliphatic carbocycles. The molecule has 1 unspecified atom stereocenters. The molecule has 2 rings (SSSR count). The Bertz CT molecular complexity index is 420. The van der Waals surface area contributed by atoms with Crippen molar-refractivity contribution in [3.8, 4) is 0 Å². The van der Waals surface area contributed by atoms with E-state index in [9.17, 15) is 19.7 Å². The van der Waals surface area contributed by atoms with Crippen LogP contribution in [0.4, 0.5) is 0 Å². The second-order valence-corrected chi connectivity index (χ2v) is 3.27. The van der Waals surface area contributed by atoms with Crippen molar-refractivity contribution in [3.63, 3.8) is 0 Å². The maximum absolute atomic E-state index is 11.4. The number of nitrogens with zero attached hydrogens (tertiary/aromatic N) is 1. The second-order valence-electron chi connectivity index (χ2n) is 3.27. The summed E-state index contributed by atoms with van der Waals surface area (Å²) >= 11 is 0. The van der Waals surface area contributed by atoms with Gasteiger partial charge in [0, 0.05) is 18.1 Å². The minimum absolute atomic E-state index is 0.0976. The third-order valence-corrected chi connectivity index (χ3v) is 2.33. The van der Waals surface area contributed by atoms with Gasteiger partial charge in [0.2, 0.25) is 11.6 Å². The van der Waals surface area contributed by atoms with Gasteiger partial charge in [0.05, 0.1) is 11.0 Å². The largest absolute Gasteiger partial charge is 0.365 e. The standard InChI is InChI=1S/C9H7NO5/c11-7-4-15-8-2-1-5(10(13)14)3-6(8)9(7)12/h1,3,8H,2,4H2. The van der Waals surface area contributed by atoms with Crippen LogP contribution >= 0.6 is 0 Å². The molecule has 0 N–H and O–H groups in total. The molecule has 0 radical (unpaired) electrons. The van der Waals surface area contributed by atoms with E-state index in [0.29, 0.717) is 0 Å². The summed E-state index contributed by atoms with van der Waals surface area (Å²) in [7, 11) is 0. The molecule has 0 saturated carbocycles. The first-order chi connectivity index (χ1) is 7.09. The smallest absolute Gasteiger partial charge is 0.266 e. The van der Waals surface area contributed by atoms with Gasteiger partial charge in [0.15, 0.2) is 0 Å².